The van der Waals surface area contributed by atoms with E-state index in [-0.39, 0.29) is 47.8 Å². The Hall–Kier alpha value is -2.63. The number of carbonyl (C=O) groups is 3. The van der Waals surface area contributed by atoms with Crippen LogP contribution in [-0.4, -0.2) is 29.4 Å². The molecule has 3 amide bonds. The van der Waals surface area contributed by atoms with Gasteiger partial charge in [-0.05, 0) is 48.3 Å². The fourth-order valence-corrected chi connectivity index (χ4v) is 5.32. The Bertz CT molecular complexity index is 854. The quantitative estimate of drug-likeness (QED) is 0.575. The topological polar surface area (TPSA) is 72.9 Å². The van der Waals surface area contributed by atoms with E-state index < -0.39 is 5.91 Å². The summed E-state index contributed by atoms with van der Waals surface area (Å²) in [6.45, 7) is 0.108. The van der Waals surface area contributed by atoms with E-state index in [1.54, 1.807) is 12.1 Å². The summed E-state index contributed by atoms with van der Waals surface area (Å²) in [7, 11) is 0. The van der Waals surface area contributed by atoms with Crippen LogP contribution in [0.1, 0.15) is 16.8 Å². The maximum atomic E-state index is 12.9. The molecular formula is C19H15NO5. The van der Waals surface area contributed by atoms with Gasteiger partial charge in [-0.2, -0.15) is 0 Å². The average molecular weight is 337 g/mol. The predicted octanol–water partition coefficient (Wildman–Crippen LogP) is 1.61. The number of imide groups is 3. The second kappa shape index (κ2) is 4.31. The maximum absolute atomic E-state index is 12.9. The van der Waals surface area contributed by atoms with Crippen LogP contribution in [0.4, 0.5) is 0 Å². The lowest BCUT2D eigenvalue weighted by Gasteiger charge is -2.37. The van der Waals surface area contributed by atoms with Crippen LogP contribution in [0, 0.1) is 35.5 Å². The van der Waals surface area contributed by atoms with Crippen molar-refractivity contribution in [3.05, 3.63) is 35.9 Å². The van der Waals surface area contributed by atoms with Crippen molar-refractivity contribution in [2.24, 2.45) is 35.5 Å². The summed E-state index contributed by atoms with van der Waals surface area (Å²) in [5.74, 6) is 0.366. The van der Waals surface area contributed by atoms with Crippen molar-refractivity contribution in [2.45, 2.75) is 6.42 Å². The van der Waals surface area contributed by atoms with Gasteiger partial charge in [-0.1, -0.05) is 12.2 Å². The number of hydrogen-bond donors (Lipinski definition) is 0. The lowest BCUT2D eigenvalue weighted by atomic mass is 9.63. The van der Waals surface area contributed by atoms with Crippen molar-refractivity contribution in [1.82, 2.24) is 4.90 Å². The molecule has 6 nitrogen and oxygen atoms in total. The lowest BCUT2D eigenvalue weighted by Crippen LogP contribution is -2.40. The molecule has 7 rings (SSSR count). The van der Waals surface area contributed by atoms with E-state index in [0.717, 1.165) is 11.3 Å². The average Bonchev–Trinajstić information content (AvgIpc) is 3.25. The SMILES string of the molecule is O=C(c1ccc2c(c1)OCO2)N1C(=O)[C@@H]2[C@H]3C=C[C@@H]([C@@H]4C[C@H]34)[C@@H]2C1=O. The molecule has 0 aromatic heterocycles. The second-order valence-corrected chi connectivity index (χ2v) is 7.54. The number of rotatable bonds is 1. The number of hydrogen-bond acceptors (Lipinski definition) is 5. The van der Waals surface area contributed by atoms with Crippen LogP contribution in [0.2, 0.25) is 0 Å². The van der Waals surface area contributed by atoms with Gasteiger partial charge in [0.05, 0.1) is 11.8 Å². The number of allylic oxidation sites excluding steroid dienone is 2. The normalized spacial score (nSPS) is 38.8. The molecule has 2 aliphatic heterocycles. The number of amides is 3. The number of benzene rings is 1. The molecule has 0 unspecified atom stereocenters. The Kier molecular flexibility index (Phi) is 2.35. The number of fused-ring (bicyclic) bond motifs is 1. The molecule has 0 radical (unpaired) electrons. The molecule has 1 saturated heterocycles. The van der Waals surface area contributed by atoms with Crippen LogP contribution in [0.15, 0.2) is 30.4 Å². The van der Waals surface area contributed by atoms with Crippen molar-refractivity contribution >= 4 is 17.7 Å². The molecular weight excluding hydrogens is 322 g/mol. The molecule has 6 aliphatic rings. The van der Waals surface area contributed by atoms with Gasteiger partial charge in [0.25, 0.3) is 5.91 Å². The first-order valence-electron chi connectivity index (χ1n) is 8.65. The fraction of sp³-hybridized carbons (Fsp3) is 0.421. The summed E-state index contributed by atoms with van der Waals surface area (Å²) >= 11 is 0. The third kappa shape index (κ3) is 1.57. The van der Waals surface area contributed by atoms with E-state index in [4.69, 9.17) is 9.47 Å². The Labute approximate surface area is 143 Å². The molecule has 6 heteroatoms. The Morgan fingerprint density at radius 1 is 0.960 bits per heavy atom. The number of nitrogens with zero attached hydrogens (tertiary/aromatic N) is 1. The molecule has 25 heavy (non-hydrogen) atoms. The third-order valence-electron chi connectivity index (χ3n) is 6.49. The zero-order chi connectivity index (χ0) is 16.9. The summed E-state index contributed by atoms with van der Waals surface area (Å²) in [5, 5.41) is 0. The minimum Gasteiger partial charge on any atom is -0.454 e. The van der Waals surface area contributed by atoms with Crippen molar-refractivity contribution in [2.75, 3.05) is 6.79 Å². The van der Waals surface area contributed by atoms with Crippen LogP contribution in [0.25, 0.3) is 0 Å². The van der Waals surface area contributed by atoms with Gasteiger partial charge in [-0.25, -0.2) is 4.90 Å². The second-order valence-electron chi connectivity index (χ2n) is 7.54. The standard InChI is InChI=1S/C19H15NO5/c21-17(8-1-4-13-14(5-8)25-7-24-13)20-18(22)15-9-2-3-10(12-6-11(9)12)16(15)19(20)23/h1-5,9-12,15-16H,6-7H2/t9-,10-,11-,12+,15-,16+/m0/s1. The summed E-state index contributed by atoms with van der Waals surface area (Å²) in [6.07, 6.45) is 5.30. The maximum Gasteiger partial charge on any atom is 0.267 e. The van der Waals surface area contributed by atoms with E-state index >= 15 is 0 Å². The van der Waals surface area contributed by atoms with E-state index in [1.807, 2.05) is 0 Å². The van der Waals surface area contributed by atoms with Gasteiger partial charge >= 0.3 is 0 Å². The summed E-state index contributed by atoms with van der Waals surface area (Å²) in [4.78, 5) is 39.7. The molecule has 126 valence electrons. The molecule has 2 bridgehead atoms. The van der Waals surface area contributed by atoms with Gasteiger partial charge in [-0.15, -0.1) is 0 Å². The summed E-state index contributed by atoms with van der Waals surface area (Å²) in [5.41, 5.74) is 0.273. The molecule has 3 fully saturated rings. The third-order valence-corrected chi connectivity index (χ3v) is 6.49. The molecule has 1 aromatic rings. The van der Waals surface area contributed by atoms with Crippen molar-refractivity contribution < 1.29 is 23.9 Å². The first-order valence-corrected chi connectivity index (χ1v) is 8.65. The fourth-order valence-electron chi connectivity index (χ4n) is 5.32. The highest BCUT2D eigenvalue weighted by molar-refractivity contribution is 6.21. The highest BCUT2D eigenvalue weighted by Gasteiger charge is 2.67. The van der Waals surface area contributed by atoms with Gasteiger partial charge < -0.3 is 9.47 Å². The van der Waals surface area contributed by atoms with E-state index in [0.29, 0.717) is 23.3 Å². The largest absolute Gasteiger partial charge is 0.454 e. The monoisotopic (exact) mass is 337 g/mol. The molecule has 0 spiro atoms. The molecule has 6 atom stereocenters. The van der Waals surface area contributed by atoms with Crippen LogP contribution < -0.4 is 9.47 Å². The van der Waals surface area contributed by atoms with Gasteiger partial charge in [0.15, 0.2) is 11.5 Å². The van der Waals surface area contributed by atoms with E-state index in [9.17, 15) is 14.4 Å². The minimum absolute atomic E-state index is 0.108. The van der Waals surface area contributed by atoms with E-state index in [2.05, 4.69) is 12.2 Å². The number of carbonyl (C=O) groups excluding carboxylic acids is 3. The number of likely N-dealkylation sites (tertiary alicyclic amines) is 1. The smallest absolute Gasteiger partial charge is 0.267 e. The van der Waals surface area contributed by atoms with Crippen LogP contribution in [-0.2, 0) is 9.59 Å². The zero-order valence-electron chi connectivity index (χ0n) is 13.3. The van der Waals surface area contributed by atoms with E-state index in [1.165, 1.54) is 6.07 Å². The minimum atomic E-state index is -0.559. The molecule has 4 aliphatic carbocycles. The first kappa shape index (κ1) is 13.6. The van der Waals surface area contributed by atoms with Crippen molar-refractivity contribution in [1.29, 1.82) is 0 Å². The summed E-state index contributed by atoms with van der Waals surface area (Å²) < 4.78 is 10.5. The van der Waals surface area contributed by atoms with Crippen LogP contribution >= 0.6 is 0 Å². The van der Waals surface area contributed by atoms with Crippen LogP contribution in [0.5, 0.6) is 11.5 Å². The van der Waals surface area contributed by atoms with Crippen LogP contribution in [0.3, 0.4) is 0 Å². The van der Waals surface area contributed by atoms with Gasteiger partial charge in [-0.3, -0.25) is 14.4 Å². The molecule has 1 aromatic carbocycles. The van der Waals surface area contributed by atoms with Crippen molar-refractivity contribution in [3.63, 3.8) is 0 Å². The van der Waals surface area contributed by atoms with Crippen molar-refractivity contribution in [3.8, 4) is 11.5 Å². The first-order chi connectivity index (χ1) is 12.1. The highest BCUT2D eigenvalue weighted by Crippen LogP contribution is 2.65. The predicted molar refractivity (Wildman–Crippen MR) is 83.4 cm³/mol. The van der Waals surface area contributed by atoms with Gasteiger partial charge in [0.1, 0.15) is 0 Å². The Morgan fingerprint density at radius 2 is 1.60 bits per heavy atom. The molecule has 0 N–H and O–H groups in total. The van der Waals surface area contributed by atoms with Gasteiger partial charge in [0, 0.05) is 5.56 Å². The Balaban J connectivity index is 1.37. The molecule has 2 saturated carbocycles. The highest BCUT2D eigenvalue weighted by atomic mass is 16.7. The summed E-state index contributed by atoms with van der Waals surface area (Å²) in [6, 6.07) is 4.74. The number of ether oxygens (including phenoxy) is 2. The lowest BCUT2D eigenvalue weighted by molar-refractivity contribution is -0.136. The molecule has 2 heterocycles. The zero-order valence-corrected chi connectivity index (χ0v) is 13.3. The van der Waals surface area contributed by atoms with Gasteiger partial charge in [0.2, 0.25) is 18.6 Å². The Morgan fingerprint density at radius 3 is 2.28 bits per heavy atom.